The Kier molecular flexibility index (Phi) is 2.08. The lowest BCUT2D eigenvalue weighted by Gasteiger charge is -2.06. The highest BCUT2D eigenvalue weighted by Crippen LogP contribution is 2.16. The van der Waals surface area contributed by atoms with E-state index < -0.39 is 0 Å². The van der Waals surface area contributed by atoms with Crippen molar-refractivity contribution in [1.29, 1.82) is 0 Å². The van der Waals surface area contributed by atoms with Gasteiger partial charge in [0, 0.05) is 11.4 Å². The van der Waals surface area contributed by atoms with Gasteiger partial charge in [-0.1, -0.05) is 0 Å². The van der Waals surface area contributed by atoms with Crippen LogP contribution < -0.4 is 11.1 Å². The van der Waals surface area contributed by atoms with E-state index in [-0.39, 0.29) is 0 Å². The van der Waals surface area contributed by atoms with Gasteiger partial charge < -0.3 is 11.1 Å². The Balaban J connectivity index is 1.99. The van der Waals surface area contributed by atoms with E-state index >= 15 is 0 Å². The first-order valence-electron chi connectivity index (χ1n) is 4.97. The van der Waals surface area contributed by atoms with Gasteiger partial charge in [0.05, 0.1) is 12.4 Å². The highest BCUT2D eigenvalue weighted by atomic mass is 15.5. The number of nitrogens with zero attached hydrogens (tertiary/aromatic N) is 5. The Morgan fingerprint density at radius 1 is 1.12 bits per heavy atom. The van der Waals surface area contributed by atoms with E-state index in [0.717, 1.165) is 5.69 Å². The summed E-state index contributed by atoms with van der Waals surface area (Å²) in [5.74, 6) is 0.692. The zero-order valence-corrected chi connectivity index (χ0v) is 8.78. The van der Waals surface area contributed by atoms with Crippen molar-refractivity contribution >= 4 is 22.8 Å². The van der Waals surface area contributed by atoms with Gasteiger partial charge in [0.1, 0.15) is 0 Å². The van der Waals surface area contributed by atoms with E-state index in [1.807, 2.05) is 24.3 Å². The molecule has 3 rings (SSSR count). The van der Waals surface area contributed by atoms with Gasteiger partial charge in [-0.15, -0.1) is 5.10 Å². The minimum Gasteiger partial charge on any atom is -0.399 e. The van der Waals surface area contributed by atoms with E-state index in [1.165, 1.54) is 0 Å². The third-order valence-corrected chi connectivity index (χ3v) is 2.29. The molecular weight excluding hydrogens is 218 g/mol. The Bertz CT molecular complexity index is 643. The molecule has 0 radical (unpaired) electrons. The second-order valence-electron chi connectivity index (χ2n) is 3.49. The fourth-order valence-electron chi connectivity index (χ4n) is 1.47. The summed E-state index contributed by atoms with van der Waals surface area (Å²) in [6.45, 7) is 0. The highest BCUT2D eigenvalue weighted by Gasteiger charge is 2.03. The lowest BCUT2D eigenvalue weighted by atomic mass is 10.3. The summed E-state index contributed by atoms with van der Waals surface area (Å²) in [6, 6.07) is 7.38. The molecule has 17 heavy (non-hydrogen) atoms. The smallest absolute Gasteiger partial charge is 0.199 e. The van der Waals surface area contributed by atoms with Crippen molar-refractivity contribution in [3.05, 3.63) is 36.7 Å². The molecule has 0 aliphatic carbocycles. The molecule has 0 fully saturated rings. The minimum absolute atomic E-state index is 0.588. The normalized spacial score (nSPS) is 10.6. The third kappa shape index (κ3) is 1.73. The number of nitrogen functional groups attached to an aromatic ring is 1. The molecular formula is C10H9N7. The van der Waals surface area contributed by atoms with Crippen molar-refractivity contribution in [2.75, 3.05) is 11.1 Å². The Morgan fingerprint density at radius 3 is 2.76 bits per heavy atom. The average Bonchev–Trinajstić information content (AvgIpc) is 2.81. The molecule has 3 aromatic rings. The highest BCUT2D eigenvalue weighted by molar-refractivity contribution is 5.60. The molecule has 84 valence electrons. The Hall–Kier alpha value is -2.70. The minimum atomic E-state index is 0.588. The first-order chi connectivity index (χ1) is 8.33. The second kappa shape index (κ2) is 3.71. The van der Waals surface area contributed by atoms with Gasteiger partial charge in [-0.3, -0.25) is 4.98 Å². The molecule has 2 aromatic heterocycles. The molecule has 0 saturated carbocycles. The van der Waals surface area contributed by atoms with Gasteiger partial charge >= 0.3 is 0 Å². The first-order valence-corrected chi connectivity index (χ1v) is 4.97. The summed E-state index contributed by atoms with van der Waals surface area (Å²) in [5, 5.41) is 14.4. The molecule has 2 heterocycles. The van der Waals surface area contributed by atoms with Crippen LogP contribution in [0.1, 0.15) is 0 Å². The lowest BCUT2D eigenvalue weighted by molar-refractivity contribution is 0.826. The van der Waals surface area contributed by atoms with Gasteiger partial charge in [-0.2, -0.15) is 4.52 Å². The van der Waals surface area contributed by atoms with Crippen LogP contribution in [0.5, 0.6) is 0 Å². The summed E-state index contributed by atoms with van der Waals surface area (Å²) >= 11 is 0. The van der Waals surface area contributed by atoms with E-state index in [9.17, 15) is 0 Å². The van der Waals surface area contributed by atoms with Crippen LogP contribution in [0.2, 0.25) is 0 Å². The number of anilines is 3. The van der Waals surface area contributed by atoms with Crippen LogP contribution in [0.25, 0.3) is 5.65 Å². The first kappa shape index (κ1) is 9.52. The van der Waals surface area contributed by atoms with Gasteiger partial charge in [0.25, 0.3) is 0 Å². The number of hydrogen-bond acceptors (Lipinski definition) is 6. The number of benzene rings is 1. The van der Waals surface area contributed by atoms with E-state index in [1.54, 1.807) is 16.9 Å². The number of nitrogens with two attached hydrogens (primary N) is 1. The SMILES string of the molecule is Nc1ccc(Nc2cncc3nnnn23)cc1. The zero-order valence-electron chi connectivity index (χ0n) is 8.78. The topological polar surface area (TPSA) is 94.0 Å². The Labute approximate surface area is 96.3 Å². The predicted molar refractivity (Wildman–Crippen MR) is 62.7 cm³/mol. The summed E-state index contributed by atoms with van der Waals surface area (Å²) < 4.78 is 1.57. The Morgan fingerprint density at radius 2 is 1.94 bits per heavy atom. The standard InChI is InChI=1S/C10H9N7/c11-7-1-3-8(4-2-7)13-9-5-12-6-10-14-15-16-17(9)10/h1-6,13H,11H2. The van der Waals surface area contributed by atoms with Crippen molar-refractivity contribution in [2.24, 2.45) is 0 Å². The molecule has 1 aromatic carbocycles. The molecule has 0 bridgehead atoms. The molecule has 7 heteroatoms. The molecule has 0 aliphatic rings. The van der Waals surface area contributed by atoms with Crippen LogP contribution in [-0.4, -0.2) is 25.0 Å². The number of aromatic nitrogens is 5. The van der Waals surface area contributed by atoms with E-state index in [4.69, 9.17) is 5.73 Å². The number of hydrogen-bond donors (Lipinski definition) is 2. The van der Waals surface area contributed by atoms with Crippen LogP contribution >= 0.6 is 0 Å². The van der Waals surface area contributed by atoms with Crippen molar-refractivity contribution < 1.29 is 0 Å². The van der Waals surface area contributed by atoms with Crippen molar-refractivity contribution in [3.63, 3.8) is 0 Å². The van der Waals surface area contributed by atoms with E-state index in [2.05, 4.69) is 25.8 Å². The van der Waals surface area contributed by atoms with Crippen LogP contribution in [0.4, 0.5) is 17.2 Å². The summed E-state index contributed by atoms with van der Waals surface area (Å²) in [5.41, 5.74) is 7.81. The van der Waals surface area contributed by atoms with Gasteiger partial charge in [-0.25, -0.2) is 0 Å². The van der Waals surface area contributed by atoms with Crippen molar-refractivity contribution in [3.8, 4) is 0 Å². The van der Waals surface area contributed by atoms with Gasteiger partial charge in [0.15, 0.2) is 11.5 Å². The average molecular weight is 227 g/mol. The summed E-state index contributed by atoms with van der Waals surface area (Å²) in [4.78, 5) is 4.05. The molecule has 7 nitrogen and oxygen atoms in total. The molecule has 0 spiro atoms. The number of fused-ring (bicyclic) bond motifs is 1. The fourth-order valence-corrected chi connectivity index (χ4v) is 1.47. The third-order valence-electron chi connectivity index (χ3n) is 2.29. The molecule has 0 aliphatic heterocycles. The molecule has 3 N–H and O–H groups in total. The van der Waals surface area contributed by atoms with Crippen LogP contribution in [0, 0.1) is 0 Å². The predicted octanol–water partition coefficient (Wildman–Crippen LogP) is 0.845. The van der Waals surface area contributed by atoms with Crippen LogP contribution in [0.3, 0.4) is 0 Å². The number of rotatable bonds is 2. The van der Waals surface area contributed by atoms with Crippen LogP contribution in [0.15, 0.2) is 36.7 Å². The van der Waals surface area contributed by atoms with Crippen LogP contribution in [-0.2, 0) is 0 Å². The maximum Gasteiger partial charge on any atom is 0.199 e. The van der Waals surface area contributed by atoms with Gasteiger partial charge in [0.2, 0.25) is 0 Å². The lowest BCUT2D eigenvalue weighted by Crippen LogP contribution is -2.00. The van der Waals surface area contributed by atoms with Crippen molar-refractivity contribution in [2.45, 2.75) is 0 Å². The largest absolute Gasteiger partial charge is 0.399 e. The molecule has 0 atom stereocenters. The monoisotopic (exact) mass is 227 g/mol. The second-order valence-corrected chi connectivity index (χ2v) is 3.49. The van der Waals surface area contributed by atoms with Gasteiger partial charge in [-0.05, 0) is 34.7 Å². The number of tetrazole rings is 1. The maximum atomic E-state index is 5.62. The zero-order chi connectivity index (χ0) is 11.7. The number of nitrogens with one attached hydrogen (secondary N) is 1. The molecule has 0 unspecified atom stereocenters. The summed E-state index contributed by atoms with van der Waals surface area (Å²) in [7, 11) is 0. The quantitative estimate of drug-likeness (QED) is 0.630. The molecule has 0 amide bonds. The fraction of sp³-hybridized carbons (Fsp3) is 0. The van der Waals surface area contributed by atoms with Crippen molar-refractivity contribution in [1.82, 2.24) is 25.0 Å². The molecule has 0 saturated heterocycles. The maximum absolute atomic E-state index is 5.62. The van der Waals surface area contributed by atoms with E-state index in [0.29, 0.717) is 17.2 Å². The summed E-state index contributed by atoms with van der Waals surface area (Å²) in [6.07, 6.45) is 3.24.